The molecule has 1 heterocycles. The first-order valence-corrected chi connectivity index (χ1v) is 4.34. The molecule has 0 aromatic heterocycles. The van der Waals surface area contributed by atoms with E-state index in [-0.39, 0.29) is 6.42 Å². The van der Waals surface area contributed by atoms with Crippen LogP contribution < -0.4 is 0 Å². The minimum Gasteiger partial charge on any atom is -0.298 e. The normalized spacial score (nSPS) is 27.4. The number of alkyl halides is 3. The van der Waals surface area contributed by atoms with Gasteiger partial charge in [-0.25, -0.2) is 0 Å². The van der Waals surface area contributed by atoms with E-state index in [4.69, 9.17) is 0 Å². The van der Waals surface area contributed by atoms with Crippen molar-refractivity contribution in [3.05, 3.63) is 23.8 Å². The van der Waals surface area contributed by atoms with Gasteiger partial charge in [-0.3, -0.25) is 4.79 Å². The summed E-state index contributed by atoms with van der Waals surface area (Å²) in [5.74, 6) is -0.818. The van der Waals surface area contributed by atoms with E-state index >= 15 is 0 Å². The zero-order valence-corrected chi connectivity index (χ0v) is 7.53. The molecule has 1 atom stereocenters. The molecule has 1 aliphatic heterocycles. The first-order valence-electron chi connectivity index (χ1n) is 4.34. The number of allylic oxidation sites excluding steroid dienone is 3. The molecule has 0 aromatic rings. The van der Waals surface area contributed by atoms with Crippen LogP contribution >= 0.6 is 0 Å². The van der Waals surface area contributed by atoms with Crippen LogP contribution in [0.3, 0.4) is 0 Å². The largest absolute Gasteiger partial charge is 0.438 e. The van der Waals surface area contributed by atoms with Crippen LogP contribution in [0.4, 0.5) is 13.2 Å². The fourth-order valence-corrected chi connectivity index (χ4v) is 1.55. The van der Waals surface area contributed by atoms with E-state index in [1.165, 1.54) is 18.2 Å². The van der Waals surface area contributed by atoms with Crippen LogP contribution in [0.1, 0.15) is 6.42 Å². The Balaban J connectivity index is 2.13. The van der Waals surface area contributed by atoms with Crippen molar-refractivity contribution in [1.29, 1.82) is 0 Å². The second-order valence-electron chi connectivity index (χ2n) is 3.45. The van der Waals surface area contributed by atoms with E-state index in [1.54, 1.807) is 0 Å². The molecule has 2 aliphatic rings. The van der Waals surface area contributed by atoms with Gasteiger partial charge in [0, 0.05) is 11.5 Å². The van der Waals surface area contributed by atoms with Gasteiger partial charge in [-0.1, -0.05) is 18.2 Å². The Bertz CT molecular complexity index is 375. The molecule has 0 aromatic carbocycles. The van der Waals surface area contributed by atoms with Gasteiger partial charge in [-0.05, 0) is 6.42 Å². The third-order valence-electron chi connectivity index (χ3n) is 2.51. The molecule has 0 radical (unpaired) electrons. The molecule has 2 rings (SSSR count). The van der Waals surface area contributed by atoms with Gasteiger partial charge in [0.1, 0.15) is 6.29 Å². The topological polar surface area (TPSA) is 41.8 Å². The molecule has 15 heavy (non-hydrogen) atoms. The smallest absolute Gasteiger partial charge is 0.298 e. The standard InChI is InChI=1S/C9H7F3N2O/c10-9(11,12)8(13-14-8)7-3-1-6(5-15)2-4-7/h1-3,5,7H,4H2. The van der Waals surface area contributed by atoms with Gasteiger partial charge in [-0.15, -0.1) is 10.2 Å². The third-order valence-corrected chi connectivity index (χ3v) is 2.51. The van der Waals surface area contributed by atoms with E-state index < -0.39 is 17.8 Å². The molecular formula is C9H7F3N2O. The molecule has 0 amide bonds. The highest BCUT2D eigenvalue weighted by atomic mass is 19.4. The molecular weight excluding hydrogens is 209 g/mol. The number of hydrogen-bond donors (Lipinski definition) is 0. The van der Waals surface area contributed by atoms with Crippen molar-refractivity contribution >= 4 is 6.29 Å². The average molecular weight is 216 g/mol. The highest BCUT2D eigenvalue weighted by molar-refractivity contribution is 5.77. The van der Waals surface area contributed by atoms with Crippen molar-refractivity contribution in [1.82, 2.24) is 0 Å². The summed E-state index contributed by atoms with van der Waals surface area (Å²) in [4.78, 5) is 10.3. The second kappa shape index (κ2) is 3.01. The molecule has 0 saturated carbocycles. The van der Waals surface area contributed by atoms with Crippen LogP contribution in [0, 0.1) is 5.92 Å². The maximum Gasteiger partial charge on any atom is 0.438 e. The lowest BCUT2D eigenvalue weighted by Gasteiger charge is -2.22. The fourth-order valence-electron chi connectivity index (χ4n) is 1.55. The summed E-state index contributed by atoms with van der Waals surface area (Å²) >= 11 is 0. The van der Waals surface area contributed by atoms with Crippen molar-refractivity contribution in [2.24, 2.45) is 16.1 Å². The van der Waals surface area contributed by atoms with E-state index in [0.29, 0.717) is 11.9 Å². The third kappa shape index (κ3) is 1.49. The zero-order chi connectivity index (χ0) is 11.1. The summed E-state index contributed by atoms with van der Waals surface area (Å²) in [6, 6.07) is 0. The summed E-state index contributed by atoms with van der Waals surface area (Å²) in [6.07, 6.45) is 0.476. The number of carbonyl (C=O) groups is 1. The van der Waals surface area contributed by atoms with Crippen LogP contribution in [0.25, 0.3) is 0 Å². The summed E-state index contributed by atoms with van der Waals surface area (Å²) in [5, 5.41) is 6.22. The molecule has 6 heteroatoms. The van der Waals surface area contributed by atoms with E-state index in [1.807, 2.05) is 0 Å². The molecule has 80 valence electrons. The van der Waals surface area contributed by atoms with Crippen molar-refractivity contribution in [2.75, 3.05) is 0 Å². The van der Waals surface area contributed by atoms with Gasteiger partial charge in [0.25, 0.3) is 5.66 Å². The van der Waals surface area contributed by atoms with Crippen molar-refractivity contribution < 1.29 is 18.0 Å². The highest BCUT2D eigenvalue weighted by Gasteiger charge is 2.67. The van der Waals surface area contributed by atoms with Gasteiger partial charge in [0.05, 0.1) is 0 Å². The van der Waals surface area contributed by atoms with Crippen LogP contribution in [0.5, 0.6) is 0 Å². The molecule has 0 saturated heterocycles. The van der Waals surface area contributed by atoms with Gasteiger partial charge in [-0.2, -0.15) is 13.2 Å². The number of halogens is 3. The lowest BCUT2D eigenvalue weighted by Crippen LogP contribution is -2.39. The highest BCUT2D eigenvalue weighted by Crippen LogP contribution is 2.51. The minimum atomic E-state index is -4.45. The van der Waals surface area contributed by atoms with Crippen molar-refractivity contribution in [3.63, 3.8) is 0 Å². The average Bonchev–Trinajstić information content (AvgIpc) is 2.98. The molecule has 0 spiro atoms. The van der Waals surface area contributed by atoms with E-state index in [0.717, 1.165) is 0 Å². The quantitative estimate of drug-likeness (QED) is 0.653. The van der Waals surface area contributed by atoms with E-state index in [9.17, 15) is 18.0 Å². The Hall–Kier alpha value is -1.46. The van der Waals surface area contributed by atoms with Crippen LogP contribution in [0.2, 0.25) is 0 Å². The number of carbonyl (C=O) groups excluding carboxylic acids is 1. The van der Waals surface area contributed by atoms with Crippen LogP contribution in [-0.4, -0.2) is 18.1 Å². The molecule has 0 bridgehead atoms. The summed E-state index contributed by atoms with van der Waals surface area (Å²) in [6.45, 7) is 0. The lowest BCUT2D eigenvalue weighted by atomic mass is 9.87. The Kier molecular flexibility index (Phi) is 2.02. The predicted molar refractivity (Wildman–Crippen MR) is 45.0 cm³/mol. The Morgan fingerprint density at radius 1 is 1.47 bits per heavy atom. The Morgan fingerprint density at radius 3 is 2.47 bits per heavy atom. The van der Waals surface area contributed by atoms with Crippen molar-refractivity contribution in [2.45, 2.75) is 18.3 Å². The van der Waals surface area contributed by atoms with E-state index in [2.05, 4.69) is 10.2 Å². The summed E-state index contributed by atoms with van der Waals surface area (Å²) < 4.78 is 37.6. The maximum absolute atomic E-state index is 12.5. The lowest BCUT2D eigenvalue weighted by molar-refractivity contribution is -0.172. The predicted octanol–water partition coefficient (Wildman–Crippen LogP) is 2.41. The maximum atomic E-state index is 12.5. The van der Waals surface area contributed by atoms with Gasteiger partial charge < -0.3 is 0 Å². The molecule has 3 nitrogen and oxygen atoms in total. The Morgan fingerprint density at radius 2 is 2.13 bits per heavy atom. The zero-order valence-electron chi connectivity index (χ0n) is 7.53. The van der Waals surface area contributed by atoms with Gasteiger partial charge in [0.15, 0.2) is 0 Å². The number of rotatable bonds is 2. The van der Waals surface area contributed by atoms with Gasteiger partial charge in [0.2, 0.25) is 0 Å². The monoisotopic (exact) mass is 216 g/mol. The first-order chi connectivity index (χ1) is 6.99. The van der Waals surface area contributed by atoms with Crippen molar-refractivity contribution in [3.8, 4) is 0 Å². The van der Waals surface area contributed by atoms with Gasteiger partial charge >= 0.3 is 6.18 Å². The van der Waals surface area contributed by atoms with Crippen LogP contribution in [0.15, 0.2) is 34.0 Å². The Labute approximate surface area is 83.4 Å². The molecule has 1 aliphatic carbocycles. The fraction of sp³-hybridized carbons (Fsp3) is 0.444. The summed E-state index contributed by atoms with van der Waals surface area (Å²) in [5.41, 5.74) is -1.86. The second-order valence-corrected chi connectivity index (χ2v) is 3.45. The first kappa shape index (κ1) is 10.1. The van der Waals surface area contributed by atoms with Crippen LogP contribution in [-0.2, 0) is 4.79 Å². The molecule has 0 N–H and O–H groups in total. The molecule has 0 fully saturated rings. The minimum absolute atomic E-state index is 0.136. The summed E-state index contributed by atoms with van der Waals surface area (Å²) in [7, 11) is 0. The number of nitrogens with zero attached hydrogens (tertiary/aromatic N) is 2. The number of aldehydes is 1. The number of hydrogen-bond acceptors (Lipinski definition) is 3. The molecule has 1 unspecified atom stereocenters. The SMILES string of the molecule is O=CC1=CCC(C2(C(F)(F)F)N=N2)C=C1.